The molecule has 0 unspecified atom stereocenters. The van der Waals surface area contributed by atoms with Gasteiger partial charge in [-0.25, -0.2) is 4.39 Å². The highest BCUT2D eigenvalue weighted by molar-refractivity contribution is 6.33. The topological polar surface area (TPSA) is 32.3 Å². The van der Waals surface area contributed by atoms with Crippen molar-refractivity contribution in [3.8, 4) is 0 Å². The smallest absolute Gasteiger partial charge is 0.253 e. The minimum Gasteiger partial charge on any atom is -0.349 e. The van der Waals surface area contributed by atoms with Gasteiger partial charge in [-0.3, -0.25) is 4.79 Å². The monoisotopic (exact) mass is 296 g/mol. The van der Waals surface area contributed by atoms with E-state index in [1.165, 1.54) is 31.0 Å². The fourth-order valence-electron chi connectivity index (χ4n) is 2.79. The van der Waals surface area contributed by atoms with Crippen molar-refractivity contribution in [1.29, 1.82) is 0 Å². The molecule has 0 spiro atoms. The van der Waals surface area contributed by atoms with Crippen molar-refractivity contribution in [1.82, 2.24) is 10.2 Å². The molecule has 3 rings (SSSR count). The highest BCUT2D eigenvalue weighted by Gasteiger charge is 2.32. The molecule has 2 fully saturated rings. The van der Waals surface area contributed by atoms with Crippen molar-refractivity contribution in [3.05, 3.63) is 34.6 Å². The zero-order chi connectivity index (χ0) is 14.1. The van der Waals surface area contributed by atoms with Gasteiger partial charge in [-0.1, -0.05) is 11.6 Å². The third-order valence-corrected chi connectivity index (χ3v) is 4.42. The molecule has 1 saturated carbocycles. The number of piperidine rings is 1. The molecule has 1 aliphatic heterocycles. The number of nitrogens with zero attached hydrogens (tertiary/aromatic N) is 1. The van der Waals surface area contributed by atoms with E-state index in [0.29, 0.717) is 5.56 Å². The standard InChI is InChI=1S/C15H18ClFN2O/c16-14-9-10(17)1-4-13(14)15(20)18-11-5-7-19(8-6-11)12-2-3-12/h1,4,9,11-12H,2-3,5-8H2,(H,18,20). The van der Waals surface area contributed by atoms with Gasteiger partial charge in [0.15, 0.2) is 0 Å². The summed E-state index contributed by atoms with van der Waals surface area (Å²) in [5.74, 6) is -0.635. The van der Waals surface area contributed by atoms with Gasteiger partial charge in [-0.15, -0.1) is 0 Å². The molecule has 1 aromatic rings. The fraction of sp³-hybridized carbons (Fsp3) is 0.533. The molecule has 1 aliphatic carbocycles. The molecule has 0 aromatic heterocycles. The molecule has 1 aromatic carbocycles. The van der Waals surface area contributed by atoms with Gasteiger partial charge in [-0.2, -0.15) is 0 Å². The number of carbonyl (C=O) groups is 1. The number of nitrogens with one attached hydrogen (secondary N) is 1. The van der Waals surface area contributed by atoms with E-state index in [2.05, 4.69) is 10.2 Å². The number of hydrogen-bond acceptors (Lipinski definition) is 2. The van der Waals surface area contributed by atoms with E-state index >= 15 is 0 Å². The number of carbonyl (C=O) groups excluding carboxylic acids is 1. The van der Waals surface area contributed by atoms with E-state index < -0.39 is 5.82 Å². The van der Waals surface area contributed by atoms with Crippen molar-refractivity contribution in [3.63, 3.8) is 0 Å². The van der Waals surface area contributed by atoms with Crippen LogP contribution in [0.4, 0.5) is 4.39 Å². The van der Waals surface area contributed by atoms with Crippen LogP contribution in [0.15, 0.2) is 18.2 Å². The Balaban J connectivity index is 1.56. The van der Waals surface area contributed by atoms with Crippen LogP contribution in [0.5, 0.6) is 0 Å². The van der Waals surface area contributed by atoms with Gasteiger partial charge in [0, 0.05) is 25.2 Å². The van der Waals surface area contributed by atoms with Crippen molar-refractivity contribution in [2.45, 2.75) is 37.8 Å². The van der Waals surface area contributed by atoms with Gasteiger partial charge in [0.25, 0.3) is 5.91 Å². The second-order valence-corrected chi connectivity index (χ2v) is 6.05. The Labute approximate surface area is 123 Å². The second kappa shape index (κ2) is 5.70. The first-order valence-electron chi connectivity index (χ1n) is 7.13. The van der Waals surface area contributed by atoms with Crippen LogP contribution in [0.1, 0.15) is 36.0 Å². The lowest BCUT2D eigenvalue weighted by Gasteiger charge is -2.32. The molecule has 0 atom stereocenters. The third-order valence-electron chi connectivity index (χ3n) is 4.10. The third kappa shape index (κ3) is 3.13. The van der Waals surface area contributed by atoms with Crippen LogP contribution >= 0.6 is 11.6 Å². The van der Waals surface area contributed by atoms with Gasteiger partial charge in [-0.05, 0) is 43.9 Å². The molecule has 3 nitrogen and oxygen atoms in total. The number of hydrogen-bond donors (Lipinski definition) is 1. The summed E-state index contributed by atoms with van der Waals surface area (Å²) in [5.41, 5.74) is 0.345. The molecule has 0 radical (unpaired) electrons. The second-order valence-electron chi connectivity index (χ2n) is 5.64. The number of amides is 1. The predicted molar refractivity (Wildman–Crippen MR) is 76.5 cm³/mol. The zero-order valence-electron chi connectivity index (χ0n) is 11.2. The average molecular weight is 297 g/mol. The molecule has 0 bridgehead atoms. The van der Waals surface area contributed by atoms with Gasteiger partial charge >= 0.3 is 0 Å². The molecule has 108 valence electrons. The summed E-state index contributed by atoms with van der Waals surface area (Å²) in [6.45, 7) is 2.10. The minimum absolute atomic E-state index is 0.165. The summed E-state index contributed by atoms with van der Waals surface area (Å²) < 4.78 is 13.0. The molecular weight excluding hydrogens is 279 g/mol. The normalized spacial score (nSPS) is 20.9. The Hall–Kier alpha value is -1.13. The van der Waals surface area contributed by atoms with Gasteiger partial charge in [0.1, 0.15) is 5.82 Å². The molecular formula is C15H18ClFN2O. The maximum absolute atomic E-state index is 13.0. The van der Waals surface area contributed by atoms with Crippen molar-refractivity contribution >= 4 is 17.5 Å². The van der Waals surface area contributed by atoms with Crippen LogP contribution in [0.25, 0.3) is 0 Å². The van der Waals surface area contributed by atoms with Gasteiger partial charge in [0.05, 0.1) is 10.6 Å². The maximum atomic E-state index is 13.0. The molecule has 2 aliphatic rings. The summed E-state index contributed by atoms with van der Waals surface area (Å²) in [7, 11) is 0. The molecule has 1 amide bonds. The Kier molecular flexibility index (Phi) is 3.94. The number of rotatable bonds is 3. The average Bonchev–Trinajstić information content (AvgIpc) is 3.23. The quantitative estimate of drug-likeness (QED) is 0.930. The van der Waals surface area contributed by atoms with E-state index in [1.54, 1.807) is 0 Å². The van der Waals surface area contributed by atoms with Crippen LogP contribution < -0.4 is 5.32 Å². The van der Waals surface area contributed by atoms with Crippen molar-refractivity contribution < 1.29 is 9.18 Å². The highest BCUT2D eigenvalue weighted by Crippen LogP contribution is 2.29. The first kappa shape index (κ1) is 13.8. The summed E-state index contributed by atoms with van der Waals surface area (Å²) in [4.78, 5) is 14.6. The Morgan fingerprint density at radius 1 is 1.25 bits per heavy atom. The SMILES string of the molecule is O=C(NC1CCN(C2CC2)CC1)c1ccc(F)cc1Cl. The molecule has 1 saturated heterocycles. The van der Waals surface area contributed by atoms with Crippen LogP contribution in [0, 0.1) is 5.82 Å². The number of likely N-dealkylation sites (tertiary alicyclic amines) is 1. The Morgan fingerprint density at radius 2 is 1.95 bits per heavy atom. The van der Waals surface area contributed by atoms with Gasteiger partial charge < -0.3 is 10.2 Å². The lowest BCUT2D eigenvalue weighted by Crippen LogP contribution is -2.45. The summed E-state index contributed by atoms with van der Waals surface area (Å²) >= 11 is 5.91. The first-order chi connectivity index (χ1) is 9.63. The van der Waals surface area contributed by atoms with Gasteiger partial charge in [0.2, 0.25) is 0 Å². The largest absolute Gasteiger partial charge is 0.349 e. The van der Waals surface area contributed by atoms with Crippen LogP contribution in [0.3, 0.4) is 0 Å². The lowest BCUT2D eigenvalue weighted by atomic mass is 10.0. The summed E-state index contributed by atoms with van der Waals surface area (Å²) in [5, 5.41) is 3.17. The molecule has 5 heteroatoms. The predicted octanol–water partition coefficient (Wildman–Crippen LogP) is 2.84. The molecule has 1 N–H and O–H groups in total. The van der Waals surface area contributed by atoms with E-state index in [4.69, 9.17) is 11.6 Å². The van der Waals surface area contributed by atoms with Crippen LogP contribution in [0.2, 0.25) is 5.02 Å². The first-order valence-corrected chi connectivity index (χ1v) is 7.51. The Bertz CT molecular complexity index is 511. The fourth-order valence-corrected chi connectivity index (χ4v) is 3.04. The molecule has 20 heavy (non-hydrogen) atoms. The van der Waals surface area contributed by atoms with Crippen molar-refractivity contribution in [2.75, 3.05) is 13.1 Å². The lowest BCUT2D eigenvalue weighted by molar-refractivity contribution is 0.0909. The molecule has 1 heterocycles. The maximum Gasteiger partial charge on any atom is 0.253 e. The minimum atomic E-state index is -0.427. The summed E-state index contributed by atoms with van der Waals surface area (Å²) in [6.07, 6.45) is 4.59. The Morgan fingerprint density at radius 3 is 2.55 bits per heavy atom. The number of benzene rings is 1. The summed E-state index contributed by atoms with van der Waals surface area (Å²) in [6, 6.07) is 4.85. The van der Waals surface area contributed by atoms with Crippen LogP contribution in [-0.4, -0.2) is 36.0 Å². The zero-order valence-corrected chi connectivity index (χ0v) is 12.0. The number of halogens is 2. The van der Waals surface area contributed by atoms with E-state index in [-0.39, 0.29) is 17.0 Å². The highest BCUT2D eigenvalue weighted by atomic mass is 35.5. The van der Waals surface area contributed by atoms with E-state index in [1.807, 2.05) is 0 Å². The van der Waals surface area contributed by atoms with Crippen molar-refractivity contribution in [2.24, 2.45) is 0 Å². The van der Waals surface area contributed by atoms with E-state index in [0.717, 1.165) is 32.0 Å². The van der Waals surface area contributed by atoms with Crippen LogP contribution in [-0.2, 0) is 0 Å². The van der Waals surface area contributed by atoms with E-state index in [9.17, 15) is 9.18 Å².